The summed E-state index contributed by atoms with van der Waals surface area (Å²) < 4.78 is 24.2. The first-order valence-corrected chi connectivity index (χ1v) is 13.0. The number of Topliss-reactive ketones (excluding diaryl/α,β-unsaturated/α-hetero) is 1. The van der Waals surface area contributed by atoms with Crippen LogP contribution in [0, 0.1) is 28.6 Å². The Kier molecular flexibility index (Phi) is 5.88. The number of aryl methyl sites for hydroxylation is 1. The smallest absolute Gasteiger partial charge is 0.344 e. The number of hydrogen-bond donors (Lipinski definition) is 2. The molecule has 0 aliphatic heterocycles. The Morgan fingerprint density at radius 3 is 2.70 bits per heavy atom. The molecule has 1 heterocycles. The molecule has 8 atom stereocenters. The largest absolute Gasteiger partial charge is 0.454 e. The Morgan fingerprint density at radius 1 is 1.27 bits per heavy atom. The number of halogens is 1. The lowest BCUT2D eigenvalue weighted by Crippen LogP contribution is -2.69. The van der Waals surface area contributed by atoms with Crippen LogP contribution in [0.4, 0.5) is 4.39 Å². The number of nitrogens with zero attached hydrogens (tertiary/aromatic N) is 1. The molecule has 1 aromatic heterocycles. The highest BCUT2D eigenvalue weighted by atomic mass is 19.1. The summed E-state index contributed by atoms with van der Waals surface area (Å²) >= 11 is 0. The number of aliphatic hydroxyl groups excluding tert-OH is 1. The van der Waals surface area contributed by atoms with Gasteiger partial charge in [0.05, 0.1) is 6.10 Å². The van der Waals surface area contributed by atoms with Gasteiger partial charge in [-0.25, -0.2) is 13.8 Å². The van der Waals surface area contributed by atoms with Crippen LogP contribution in [0.25, 0.3) is 0 Å². The second-order valence-electron chi connectivity index (χ2n) is 11.9. The van der Waals surface area contributed by atoms with Crippen LogP contribution in [0.15, 0.2) is 48.3 Å². The van der Waals surface area contributed by atoms with E-state index in [2.05, 4.69) is 0 Å². The molecule has 0 aromatic carbocycles. The quantitative estimate of drug-likeness (QED) is 0.475. The van der Waals surface area contributed by atoms with E-state index < -0.39 is 58.4 Å². The average Bonchev–Trinajstić information content (AvgIpc) is 3.05. The van der Waals surface area contributed by atoms with Crippen molar-refractivity contribution in [3.8, 4) is 0 Å². The van der Waals surface area contributed by atoms with Crippen molar-refractivity contribution in [2.75, 3.05) is 6.61 Å². The summed E-state index contributed by atoms with van der Waals surface area (Å²) in [7, 11) is 1.76. The highest BCUT2D eigenvalue weighted by Gasteiger charge is 2.75. The fraction of sp³-hybridized carbons (Fsp3) is 0.586. The third-order valence-electron chi connectivity index (χ3n) is 10.2. The van der Waals surface area contributed by atoms with Gasteiger partial charge < -0.3 is 14.9 Å². The van der Waals surface area contributed by atoms with Crippen molar-refractivity contribution in [1.82, 2.24) is 0 Å². The second-order valence-corrected chi connectivity index (χ2v) is 11.9. The Hall–Kier alpha value is -2.71. The number of carbonyl (C=O) groups excluding carboxylic acids is 3. The molecule has 3 fully saturated rings. The summed E-state index contributed by atoms with van der Waals surface area (Å²) in [5.41, 5.74) is -5.22. The monoisotopic (exact) mass is 512 g/mol. The lowest BCUT2D eigenvalue weighted by atomic mass is 9.44. The number of allylic oxidation sites excluding steroid dienone is 4. The Labute approximate surface area is 216 Å². The number of aliphatic hydroxyl groups is 2. The third-order valence-corrected chi connectivity index (χ3v) is 10.2. The van der Waals surface area contributed by atoms with Gasteiger partial charge in [0.1, 0.15) is 18.2 Å². The predicted molar refractivity (Wildman–Crippen MR) is 131 cm³/mol. The standard InChI is InChI=1S/C29H35FNO6/c1-17-12-22-21-8-7-19-13-20(32)9-10-26(19,2)28(21,30)23(33)14-27(22,3)29(17,36)24(34)16-37-25(35)18-6-5-11-31(4)15-18/h5-6,9-11,13,15,17,21-23,33,36H,7-8,12,14,16H2,1-4H3/q+1/t17-,21+,22+,23+,26+,27+,28+,29+/m1/s1. The van der Waals surface area contributed by atoms with Gasteiger partial charge in [-0.05, 0) is 62.7 Å². The zero-order chi connectivity index (χ0) is 27.0. The van der Waals surface area contributed by atoms with Crippen molar-refractivity contribution in [1.29, 1.82) is 0 Å². The number of alkyl halides is 1. The van der Waals surface area contributed by atoms with E-state index in [9.17, 15) is 24.6 Å². The van der Waals surface area contributed by atoms with E-state index in [0.29, 0.717) is 24.8 Å². The lowest BCUT2D eigenvalue weighted by Gasteiger charge is -2.62. The van der Waals surface area contributed by atoms with Gasteiger partial charge in [-0.2, -0.15) is 0 Å². The molecule has 8 heteroatoms. The molecule has 3 saturated carbocycles. The minimum absolute atomic E-state index is 0.121. The number of carbonyl (C=O) groups is 3. The number of rotatable bonds is 4. The summed E-state index contributed by atoms with van der Waals surface area (Å²) in [6.45, 7) is 4.65. The maximum absolute atomic E-state index is 17.2. The molecule has 0 bridgehead atoms. The van der Waals surface area contributed by atoms with Crippen LogP contribution in [0.2, 0.25) is 0 Å². The van der Waals surface area contributed by atoms with Gasteiger partial charge in [0.2, 0.25) is 5.78 Å². The van der Waals surface area contributed by atoms with E-state index in [4.69, 9.17) is 4.74 Å². The molecule has 1 aromatic rings. The van der Waals surface area contributed by atoms with Gasteiger partial charge in [0, 0.05) is 22.8 Å². The molecule has 0 amide bonds. The van der Waals surface area contributed by atoms with E-state index in [0.717, 1.165) is 0 Å². The maximum Gasteiger partial charge on any atom is 0.344 e. The first-order chi connectivity index (χ1) is 17.3. The van der Waals surface area contributed by atoms with Gasteiger partial charge in [0.15, 0.2) is 30.5 Å². The SMILES string of the molecule is C[C@@H]1C[C@H]2[C@@H]3CCC4=CC(=O)C=C[C@]4(C)[C@@]3(F)[C@@H](O)C[C@]2(C)[C@@]1(O)C(=O)COC(=O)c1ccc[n+](C)c1. The Bertz CT molecular complexity index is 1240. The second kappa shape index (κ2) is 8.40. The highest BCUT2D eigenvalue weighted by Crippen LogP contribution is 2.70. The first-order valence-electron chi connectivity index (χ1n) is 13.0. The first kappa shape index (κ1) is 25.9. The molecule has 2 N–H and O–H groups in total. The summed E-state index contributed by atoms with van der Waals surface area (Å²) in [5, 5.41) is 23.4. The number of fused-ring (bicyclic) bond motifs is 5. The third kappa shape index (κ3) is 3.37. The van der Waals surface area contributed by atoms with Crippen molar-refractivity contribution in [3.63, 3.8) is 0 Å². The Morgan fingerprint density at radius 2 is 2.00 bits per heavy atom. The molecule has 4 aliphatic carbocycles. The normalized spacial score (nSPS) is 42.4. The summed E-state index contributed by atoms with van der Waals surface area (Å²) in [6, 6.07) is 3.26. The van der Waals surface area contributed by atoms with Gasteiger partial charge in [0.25, 0.3) is 0 Å². The van der Waals surface area contributed by atoms with Crippen molar-refractivity contribution in [3.05, 3.63) is 53.9 Å². The minimum atomic E-state index is -2.04. The fourth-order valence-corrected chi connectivity index (χ4v) is 8.17. The zero-order valence-electron chi connectivity index (χ0n) is 21.7. The van der Waals surface area contributed by atoms with Crippen molar-refractivity contribution in [2.45, 2.75) is 63.8 Å². The van der Waals surface area contributed by atoms with Crippen LogP contribution >= 0.6 is 0 Å². The van der Waals surface area contributed by atoms with Gasteiger partial charge in [-0.3, -0.25) is 9.59 Å². The number of pyridine rings is 1. The van der Waals surface area contributed by atoms with Crippen molar-refractivity contribution < 1.29 is 38.3 Å². The summed E-state index contributed by atoms with van der Waals surface area (Å²) in [5.74, 6) is -3.01. The molecule has 198 valence electrons. The van der Waals surface area contributed by atoms with Crippen molar-refractivity contribution in [2.24, 2.45) is 35.6 Å². The van der Waals surface area contributed by atoms with E-state index in [1.165, 1.54) is 12.2 Å². The van der Waals surface area contributed by atoms with E-state index in [1.807, 2.05) is 0 Å². The molecule has 5 rings (SSSR count). The van der Waals surface area contributed by atoms with E-state index in [1.54, 1.807) is 63.0 Å². The van der Waals surface area contributed by atoms with Crippen LogP contribution < -0.4 is 4.57 Å². The zero-order valence-corrected chi connectivity index (χ0v) is 21.7. The van der Waals surface area contributed by atoms with Gasteiger partial charge in [-0.15, -0.1) is 0 Å². The number of esters is 1. The maximum atomic E-state index is 17.2. The average molecular weight is 513 g/mol. The fourth-order valence-electron chi connectivity index (χ4n) is 8.17. The molecular weight excluding hydrogens is 477 g/mol. The molecule has 7 nitrogen and oxygen atoms in total. The number of ether oxygens (including phenoxy) is 1. The molecule has 37 heavy (non-hydrogen) atoms. The lowest BCUT2D eigenvalue weighted by molar-refractivity contribution is -0.671. The molecule has 0 saturated heterocycles. The molecular formula is C29H35FNO6+. The van der Waals surface area contributed by atoms with Gasteiger partial charge >= 0.3 is 5.97 Å². The number of hydrogen-bond acceptors (Lipinski definition) is 6. The topological polar surface area (TPSA) is 105 Å². The summed E-state index contributed by atoms with van der Waals surface area (Å²) in [4.78, 5) is 38.1. The van der Waals surface area contributed by atoms with Crippen LogP contribution in [-0.4, -0.2) is 51.7 Å². The number of ketones is 2. The Balaban J connectivity index is 1.43. The van der Waals surface area contributed by atoms with Gasteiger partial charge in [-0.1, -0.05) is 25.5 Å². The van der Waals surface area contributed by atoms with Crippen LogP contribution in [-0.2, 0) is 21.4 Å². The van der Waals surface area contributed by atoms with Crippen LogP contribution in [0.5, 0.6) is 0 Å². The van der Waals surface area contributed by atoms with E-state index >= 15 is 4.39 Å². The number of aromatic nitrogens is 1. The predicted octanol–water partition coefficient (Wildman–Crippen LogP) is 2.58. The van der Waals surface area contributed by atoms with Crippen LogP contribution in [0.3, 0.4) is 0 Å². The van der Waals surface area contributed by atoms with E-state index in [-0.39, 0.29) is 23.7 Å². The summed E-state index contributed by atoms with van der Waals surface area (Å²) in [6.07, 6.45) is 7.52. The van der Waals surface area contributed by atoms with Crippen LogP contribution in [0.1, 0.15) is 56.8 Å². The molecule has 0 spiro atoms. The molecule has 4 aliphatic rings. The van der Waals surface area contributed by atoms with Crippen molar-refractivity contribution >= 4 is 17.5 Å². The minimum Gasteiger partial charge on any atom is -0.454 e. The molecule has 0 radical (unpaired) electrons. The molecule has 0 unspecified atom stereocenters. The highest BCUT2D eigenvalue weighted by molar-refractivity contribution is 6.01.